The van der Waals surface area contributed by atoms with E-state index in [0.717, 1.165) is 25.3 Å². The summed E-state index contributed by atoms with van der Waals surface area (Å²) in [5.41, 5.74) is 0.254. The summed E-state index contributed by atoms with van der Waals surface area (Å²) in [6.45, 7) is 5.48. The van der Waals surface area contributed by atoms with Crippen LogP contribution in [0.15, 0.2) is 0 Å². The molecule has 19 heavy (non-hydrogen) atoms. The zero-order valence-corrected chi connectivity index (χ0v) is 12.9. The van der Waals surface area contributed by atoms with Crippen molar-refractivity contribution in [1.82, 2.24) is 9.80 Å². The highest BCUT2D eigenvalue weighted by molar-refractivity contribution is 7.80. The lowest BCUT2D eigenvalue weighted by atomic mass is 9.96. The number of hydrogen-bond donors (Lipinski definition) is 1. The summed E-state index contributed by atoms with van der Waals surface area (Å²) in [6.07, 6.45) is 7.06. The van der Waals surface area contributed by atoms with Crippen molar-refractivity contribution < 1.29 is 4.79 Å². The minimum absolute atomic E-state index is 0.254. The Morgan fingerprint density at radius 2 is 2.11 bits per heavy atom. The van der Waals surface area contributed by atoms with Crippen LogP contribution in [0.2, 0.25) is 0 Å². The van der Waals surface area contributed by atoms with E-state index in [1.165, 1.54) is 38.6 Å². The second-order valence-corrected chi connectivity index (χ2v) is 7.19. The van der Waals surface area contributed by atoms with E-state index in [2.05, 4.69) is 29.4 Å². The SMILES string of the molecule is CC1CN2CCCCC2CN1C(=O)CC1(CS)CC1. The summed E-state index contributed by atoms with van der Waals surface area (Å²) in [5, 5.41) is 0. The molecule has 0 aromatic heterocycles. The highest BCUT2D eigenvalue weighted by Crippen LogP contribution is 2.50. The van der Waals surface area contributed by atoms with Gasteiger partial charge >= 0.3 is 0 Å². The molecule has 4 heteroatoms. The van der Waals surface area contributed by atoms with Gasteiger partial charge in [0.05, 0.1) is 0 Å². The number of carbonyl (C=O) groups is 1. The van der Waals surface area contributed by atoms with Crippen molar-refractivity contribution >= 4 is 18.5 Å². The Kier molecular flexibility index (Phi) is 3.82. The first-order valence-electron chi connectivity index (χ1n) is 7.78. The number of piperidine rings is 1. The summed E-state index contributed by atoms with van der Waals surface area (Å²) in [4.78, 5) is 17.3. The Morgan fingerprint density at radius 1 is 1.32 bits per heavy atom. The molecule has 1 amide bonds. The van der Waals surface area contributed by atoms with Gasteiger partial charge in [0.2, 0.25) is 5.91 Å². The topological polar surface area (TPSA) is 23.6 Å². The maximum atomic E-state index is 12.6. The van der Waals surface area contributed by atoms with Crippen LogP contribution in [0.5, 0.6) is 0 Å². The van der Waals surface area contributed by atoms with Crippen molar-refractivity contribution in [3.63, 3.8) is 0 Å². The molecule has 3 nitrogen and oxygen atoms in total. The molecule has 108 valence electrons. The van der Waals surface area contributed by atoms with Crippen LogP contribution in [0.1, 0.15) is 45.4 Å². The lowest BCUT2D eigenvalue weighted by Gasteiger charge is -2.47. The average Bonchev–Trinajstić information content (AvgIpc) is 3.18. The molecule has 2 atom stereocenters. The molecule has 1 aliphatic carbocycles. The van der Waals surface area contributed by atoms with Crippen molar-refractivity contribution in [2.45, 2.75) is 57.5 Å². The number of fused-ring (bicyclic) bond motifs is 1. The van der Waals surface area contributed by atoms with Crippen LogP contribution in [0.25, 0.3) is 0 Å². The van der Waals surface area contributed by atoms with Crippen LogP contribution < -0.4 is 0 Å². The first-order valence-corrected chi connectivity index (χ1v) is 8.41. The third kappa shape index (κ3) is 2.80. The molecular formula is C15H26N2OS. The van der Waals surface area contributed by atoms with Crippen molar-refractivity contribution in [2.24, 2.45) is 5.41 Å². The Labute approximate surface area is 122 Å². The predicted molar refractivity (Wildman–Crippen MR) is 80.5 cm³/mol. The van der Waals surface area contributed by atoms with Crippen molar-refractivity contribution in [2.75, 3.05) is 25.4 Å². The number of rotatable bonds is 3. The molecule has 2 unspecified atom stereocenters. The van der Waals surface area contributed by atoms with Gasteiger partial charge in [-0.15, -0.1) is 0 Å². The lowest BCUT2D eigenvalue weighted by molar-refractivity contribution is -0.139. The van der Waals surface area contributed by atoms with Gasteiger partial charge in [-0.3, -0.25) is 9.69 Å². The van der Waals surface area contributed by atoms with Gasteiger partial charge in [-0.25, -0.2) is 0 Å². The first-order chi connectivity index (χ1) is 9.13. The monoisotopic (exact) mass is 282 g/mol. The van der Waals surface area contributed by atoms with E-state index in [-0.39, 0.29) is 5.41 Å². The molecule has 0 N–H and O–H groups in total. The third-order valence-electron chi connectivity index (χ3n) is 5.33. The number of piperazine rings is 1. The quantitative estimate of drug-likeness (QED) is 0.802. The summed E-state index contributed by atoms with van der Waals surface area (Å²) < 4.78 is 0. The number of amides is 1. The Hall–Kier alpha value is -0.220. The lowest BCUT2D eigenvalue weighted by Crippen LogP contribution is -2.60. The maximum absolute atomic E-state index is 12.6. The smallest absolute Gasteiger partial charge is 0.223 e. The molecule has 2 saturated heterocycles. The molecule has 2 heterocycles. The zero-order chi connectivity index (χ0) is 13.5. The van der Waals surface area contributed by atoms with E-state index in [4.69, 9.17) is 0 Å². The van der Waals surface area contributed by atoms with Gasteiger partial charge in [-0.2, -0.15) is 12.6 Å². The predicted octanol–water partition coefficient (Wildman–Crippen LogP) is 2.17. The Balaban J connectivity index is 1.62. The van der Waals surface area contributed by atoms with E-state index < -0.39 is 0 Å². The molecule has 0 aromatic carbocycles. The number of carbonyl (C=O) groups excluding carboxylic acids is 1. The second kappa shape index (κ2) is 5.28. The maximum Gasteiger partial charge on any atom is 0.223 e. The molecule has 0 aromatic rings. The minimum atomic E-state index is 0.254. The largest absolute Gasteiger partial charge is 0.337 e. The highest BCUT2D eigenvalue weighted by Gasteiger charge is 2.45. The van der Waals surface area contributed by atoms with Gasteiger partial charge in [-0.1, -0.05) is 6.42 Å². The molecule has 0 radical (unpaired) electrons. The molecule has 3 fully saturated rings. The summed E-state index contributed by atoms with van der Waals surface area (Å²) in [5.74, 6) is 1.25. The van der Waals surface area contributed by atoms with Crippen LogP contribution in [0, 0.1) is 5.41 Å². The van der Waals surface area contributed by atoms with Crippen LogP contribution >= 0.6 is 12.6 Å². The molecule has 3 aliphatic rings. The van der Waals surface area contributed by atoms with Gasteiger partial charge in [0.15, 0.2) is 0 Å². The number of nitrogens with zero attached hydrogens (tertiary/aromatic N) is 2. The van der Waals surface area contributed by atoms with Gasteiger partial charge in [0, 0.05) is 31.6 Å². The van der Waals surface area contributed by atoms with Crippen molar-refractivity contribution in [3.8, 4) is 0 Å². The summed E-state index contributed by atoms with van der Waals surface area (Å²) in [7, 11) is 0. The molecule has 1 saturated carbocycles. The molecular weight excluding hydrogens is 256 g/mol. The standard InChI is InChI=1S/C15H26N2OS/c1-12-9-16-7-3-2-4-13(16)10-17(12)14(18)8-15(11-19)5-6-15/h12-13,19H,2-11H2,1H3. The van der Waals surface area contributed by atoms with Crippen LogP contribution in [-0.2, 0) is 4.79 Å². The van der Waals surface area contributed by atoms with Crippen LogP contribution in [0.4, 0.5) is 0 Å². The highest BCUT2D eigenvalue weighted by atomic mass is 32.1. The minimum Gasteiger partial charge on any atom is -0.337 e. The van der Waals surface area contributed by atoms with Crippen LogP contribution in [-0.4, -0.2) is 53.2 Å². The zero-order valence-electron chi connectivity index (χ0n) is 12.0. The molecule has 3 rings (SSSR count). The van der Waals surface area contributed by atoms with Gasteiger partial charge in [0.1, 0.15) is 0 Å². The van der Waals surface area contributed by atoms with E-state index in [9.17, 15) is 4.79 Å². The summed E-state index contributed by atoms with van der Waals surface area (Å²) >= 11 is 4.42. The molecule has 0 spiro atoms. The Morgan fingerprint density at radius 3 is 2.79 bits per heavy atom. The van der Waals surface area contributed by atoms with E-state index in [1.54, 1.807) is 0 Å². The fraction of sp³-hybridized carbons (Fsp3) is 0.933. The van der Waals surface area contributed by atoms with E-state index >= 15 is 0 Å². The van der Waals surface area contributed by atoms with E-state index in [1.807, 2.05) is 0 Å². The number of thiol groups is 1. The van der Waals surface area contributed by atoms with Crippen molar-refractivity contribution in [1.29, 1.82) is 0 Å². The normalized spacial score (nSPS) is 33.9. The molecule has 2 aliphatic heterocycles. The van der Waals surface area contributed by atoms with E-state index in [0.29, 0.717) is 18.0 Å². The molecule has 0 bridgehead atoms. The Bertz CT molecular complexity index is 356. The fourth-order valence-electron chi connectivity index (χ4n) is 3.69. The van der Waals surface area contributed by atoms with Crippen molar-refractivity contribution in [3.05, 3.63) is 0 Å². The average molecular weight is 282 g/mol. The van der Waals surface area contributed by atoms with Gasteiger partial charge < -0.3 is 4.90 Å². The van der Waals surface area contributed by atoms with Crippen LogP contribution in [0.3, 0.4) is 0 Å². The fourth-order valence-corrected chi connectivity index (χ4v) is 4.12. The van der Waals surface area contributed by atoms with Gasteiger partial charge in [-0.05, 0) is 50.3 Å². The third-order valence-corrected chi connectivity index (χ3v) is 6.00. The van der Waals surface area contributed by atoms with Gasteiger partial charge in [0.25, 0.3) is 0 Å². The second-order valence-electron chi connectivity index (χ2n) is 6.87. The summed E-state index contributed by atoms with van der Waals surface area (Å²) in [6, 6.07) is 1.01. The first kappa shape index (κ1) is 13.7. The number of hydrogen-bond acceptors (Lipinski definition) is 3.